The average molecular weight is 458 g/mol. The summed E-state index contributed by atoms with van der Waals surface area (Å²) in [5, 5.41) is 32.6. The van der Waals surface area contributed by atoms with Crippen LogP contribution >= 0.6 is 0 Å². The number of primary amides is 1. The number of aliphatic hydroxyl groups is 2. The van der Waals surface area contributed by atoms with Crippen LogP contribution in [-0.2, 0) is 20.8 Å². The fourth-order valence-electron chi connectivity index (χ4n) is 6.15. The number of hydrogen-bond donors (Lipinski definition) is 4. The van der Waals surface area contributed by atoms with Gasteiger partial charge in [-0.25, -0.2) is 0 Å². The van der Waals surface area contributed by atoms with Crippen LogP contribution in [0.3, 0.4) is 0 Å². The summed E-state index contributed by atoms with van der Waals surface area (Å²) in [5.74, 6) is -9.98. The highest BCUT2D eigenvalue weighted by molar-refractivity contribution is 6.25. The van der Waals surface area contributed by atoms with Gasteiger partial charge in [0.1, 0.15) is 11.7 Å². The third-order valence-electron chi connectivity index (χ3n) is 7.55. The quantitative estimate of drug-likeness (QED) is 0.322. The fourth-order valence-corrected chi connectivity index (χ4v) is 6.15. The van der Waals surface area contributed by atoms with Gasteiger partial charge in [0.25, 0.3) is 0 Å². The summed E-state index contributed by atoms with van der Waals surface area (Å²) >= 11 is 0. The van der Waals surface area contributed by atoms with E-state index in [-0.39, 0.29) is 29.8 Å². The van der Waals surface area contributed by atoms with Crippen LogP contribution in [0.5, 0.6) is 5.75 Å². The molecule has 2 saturated carbocycles. The van der Waals surface area contributed by atoms with Crippen LogP contribution in [0.25, 0.3) is 0 Å². The zero-order valence-corrected chi connectivity index (χ0v) is 18.4. The number of benzene rings is 1. The molecule has 2 fully saturated rings. The van der Waals surface area contributed by atoms with Gasteiger partial charge in [0.05, 0.1) is 17.6 Å². The maximum atomic E-state index is 13.6. The molecule has 1 aromatic carbocycles. The molecule has 7 atom stereocenters. The Hall–Kier alpha value is -2.95. The molecule has 10 heteroatoms. The lowest BCUT2D eigenvalue weighted by atomic mass is 9.52. The van der Waals surface area contributed by atoms with Crippen molar-refractivity contribution in [2.75, 3.05) is 14.1 Å². The molecule has 3 unspecified atom stereocenters. The molecule has 176 valence electrons. The van der Waals surface area contributed by atoms with Gasteiger partial charge in [-0.1, -0.05) is 0 Å². The number of phenols is 1. The van der Waals surface area contributed by atoms with Crippen molar-refractivity contribution in [3.8, 4) is 5.75 Å². The van der Waals surface area contributed by atoms with E-state index in [0.29, 0.717) is 5.56 Å². The first kappa shape index (κ1) is 23.2. The number of hydrogen-bond acceptors (Lipinski definition) is 9. The van der Waals surface area contributed by atoms with Crippen molar-refractivity contribution >= 4 is 29.0 Å². The first-order valence-corrected chi connectivity index (χ1v) is 10.7. The maximum Gasteiger partial charge on any atom is 0.230 e. The van der Waals surface area contributed by atoms with E-state index < -0.39 is 70.4 Å². The van der Waals surface area contributed by atoms with Crippen LogP contribution in [0.1, 0.15) is 39.6 Å². The van der Waals surface area contributed by atoms with E-state index in [2.05, 4.69) is 0 Å². The molecule has 0 spiro atoms. The first-order valence-electron chi connectivity index (χ1n) is 10.7. The normalized spacial score (nSPS) is 35.6. The van der Waals surface area contributed by atoms with Crippen molar-refractivity contribution < 1.29 is 39.3 Å². The molecule has 4 rings (SSSR count). The van der Waals surface area contributed by atoms with Crippen molar-refractivity contribution in [3.63, 3.8) is 0 Å². The fraction of sp³-hybridized carbons (Fsp3) is 0.522. The molecule has 33 heavy (non-hydrogen) atoms. The minimum Gasteiger partial charge on any atom is -0.507 e. The first-order chi connectivity index (χ1) is 15.3. The SMILES string of the molecule is CC(=O)c1ccc(O)c2c1C[C@@H]1C[C@@H]3[C@@H](N(C)C)C(O)C(C(N)=O)C(=O)[C@]3(O)C(=O)C1C2=O. The van der Waals surface area contributed by atoms with Gasteiger partial charge in [-0.15, -0.1) is 0 Å². The van der Waals surface area contributed by atoms with Crippen LogP contribution in [0, 0.1) is 23.7 Å². The number of fused-ring (bicyclic) bond motifs is 3. The smallest absolute Gasteiger partial charge is 0.230 e. The van der Waals surface area contributed by atoms with E-state index in [4.69, 9.17) is 5.73 Å². The number of carbonyl (C=O) groups excluding carboxylic acids is 5. The van der Waals surface area contributed by atoms with E-state index in [1.165, 1.54) is 24.0 Å². The maximum absolute atomic E-state index is 13.6. The topological polar surface area (TPSA) is 175 Å². The van der Waals surface area contributed by atoms with Gasteiger partial charge >= 0.3 is 0 Å². The summed E-state index contributed by atoms with van der Waals surface area (Å²) in [4.78, 5) is 65.9. The predicted octanol–water partition coefficient (Wildman–Crippen LogP) is -1.14. The minimum atomic E-state index is -2.70. The summed E-state index contributed by atoms with van der Waals surface area (Å²) in [6, 6.07) is 1.65. The second-order valence-electron chi connectivity index (χ2n) is 9.51. The third-order valence-corrected chi connectivity index (χ3v) is 7.55. The molecule has 3 aliphatic carbocycles. The van der Waals surface area contributed by atoms with Gasteiger partial charge in [-0.2, -0.15) is 0 Å². The molecular formula is C23H26N2O8. The van der Waals surface area contributed by atoms with Crippen LogP contribution < -0.4 is 5.73 Å². The number of rotatable bonds is 3. The Labute approximate surface area is 189 Å². The van der Waals surface area contributed by atoms with Crippen molar-refractivity contribution in [1.29, 1.82) is 0 Å². The molecular weight excluding hydrogens is 432 g/mol. The number of aliphatic hydroxyl groups excluding tert-OH is 1. The Morgan fingerprint density at radius 1 is 1.15 bits per heavy atom. The lowest BCUT2D eigenvalue weighted by molar-refractivity contribution is -0.190. The van der Waals surface area contributed by atoms with E-state index in [1.54, 1.807) is 14.1 Å². The Morgan fingerprint density at radius 2 is 1.79 bits per heavy atom. The Balaban J connectivity index is 1.89. The second-order valence-corrected chi connectivity index (χ2v) is 9.51. The van der Waals surface area contributed by atoms with Crippen molar-refractivity contribution in [3.05, 3.63) is 28.8 Å². The molecule has 0 aliphatic heterocycles. The largest absolute Gasteiger partial charge is 0.507 e. The number of phenolic OH excluding ortho intramolecular Hbond substituents is 1. The molecule has 0 bridgehead atoms. The summed E-state index contributed by atoms with van der Waals surface area (Å²) in [5.41, 5.74) is 3.04. The van der Waals surface area contributed by atoms with Crippen LogP contribution in [0.15, 0.2) is 12.1 Å². The molecule has 3 aliphatic rings. The predicted molar refractivity (Wildman–Crippen MR) is 112 cm³/mol. The summed E-state index contributed by atoms with van der Waals surface area (Å²) in [6.07, 6.45) is -1.46. The highest BCUT2D eigenvalue weighted by atomic mass is 16.3. The molecule has 5 N–H and O–H groups in total. The van der Waals surface area contributed by atoms with Gasteiger partial charge in [-0.3, -0.25) is 24.0 Å². The number of nitrogens with zero attached hydrogens (tertiary/aromatic N) is 1. The second kappa shape index (κ2) is 7.54. The minimum absolute atomic E-state index is 0.00220. The van der Waals surface area contributed by atoms with Crippen LogP contribution in [0.4, 0.5) is 0 Å². The lowest BCUT2D eigenvalue weighted by Crippen LogP contribution is -2.75. The Bertz CT molecular complexity index is 1110. The summed E-state index contributed by atoms with van der Waals surface area (Å²) < 4.78 is 0. The van der Waals surface area contributed by atoms with Crippen LogP contribution in [0.2, 0.25) is 0 Å². The number of Topliss-reactive ketones (excluding diaryl/α,β-unsaturated/α-hetero) is 4. The number of amides is 1. The highest BCUT2D eigenvalue weighted by Gasteiger charge is 2.69. The number of aromatic hydroxyl groups is 1. The lowest BCUT2D eigenvalue weighted by Gasteiger charge is -2.54. The van der Waals surface area contributed by atoms with Crippen LogP contribution in [-0.4, -0.2) is 81.1 Å². The zero-order chi connectivity index (χ0) is 24.6. The number of carbonyl (C=O) groups is 5. The van der Waals surface area contributed by atoms with Gasteiger partial charge in [-0.05, 0) is 57.5 Å². The van der Waals surface area contributed by atoms with E-state index in [9.17, 15) is 39.3 Å². The summed E-state index contributed by atoms with van der Waals surface area (Å²) in [6.45, 7) is 1.33. The zero-order valence-electron chi connectivity index (χ0n) is 18.4. The Kier molecular flexibility index (Phi) is 5.31. The van der Waals surface area contributed by atoms with E-state index in [1.807, 2.05) is 0 Å². The highest BCUT2D eigenvalue weighted by Crippen LogP contribution is 2.51. The van der Waals surface area contributed by atoms with Gasteiger partial charge in [0.15, 0.2) is 28.7 Å². The number of ketones is 4. The van der Waals surface area contributed by atoms with Gasteiger partial charge in [0, 0.05) is 17.5 Å². The number of nitrogens with two attached hydrogens (primary N) is 1. The molecule has 1 amide bonds. The van der Waals surface area contributed by atoms with Gasteiger partial charge in [0.2, 0.25) is 5.91 Å². The average Bonchev–Trinajstić information content (AvgIpc) is 2.70. The molecule has 0 heterocycles. The third kappa shape index (κ3) is 3.01. The van der Waals surface area contributed by atoms with E-state index in [0.717, 1.165) is 0 Å². The molecule has 0 aromatic heterocycles. The molecule has 1 aromatic rings. The molecule has 10 nitrogen and oxygen atoms in total. The van der Waals surface area contributed by atoms with Crippen molar-refractivity contribution in [2.45, 2.75) is 37.5 Å². The standard InChI is InChI=1S/C23H26N2O8/c1-8(26)10-4-5-13(27)15-11(10)6-9-7-12-17(25(2)3)19(29)16(22(24)32)21(31)23(12,33)20(30)14(9)18(15)28/h4-5,9,12,14,16-17,19,27,29,33H,6-7H2,1-3H3,(H2,24,32)/t9-,12-,14?,16?,17-,19?,23-/m1/s1. The van der Waals surface area contributed by atoms with Gasteiger partial charge < -0.3 is 26.0 Å². The monoisotopic (exact) mass is 458 g/mol. The number of likely N-dealkylation sites (N-methyl/N-ethyl adjacent to an activating group) is 1. The van der Waals surface area contributed by atoms with Crippen molar-refractivity contribution in [1.82, 2.24) is 4.90 Å². The molecule has 0 radical (unpaired) electrons. The summed E-state index contributed by atoms with van der Waals surface area (Å²) in [7, 11) is 3.15. The Morgan fingerprint density at radius 3 is 2.33 bits per heavy atom. The van der Waals surface area contributed by atoms with Crippen molar-refractivity contribution in [2.24, 2.45) is 29.4 Å². The van der Waals surface area contributed by atoms with E-state index >= 15 is 0 Å². The molecule has 0 saturated heterocycles.